The molecule has 0 unspecified atom stereocenters. The van der Waals surface area contributed by atoms with E-state index in [4.69, 9.17) is 0 Å². The van der Waals surface area contributed by atoms with Crippen molar-refractivity contribution in [2.45, 2.75) is 57.7 Å². The lowest BCUT2D eigenvalue weighted by Gasteiger charge is -2.33. The topological polar surface area (TPSA) is 86.8 Å². The third-order valence-electron chi connectivity index (χ3n) is 6.19. The summed E-state index contributed by atoms with van der Waals surface area (Å²) in [5.74, 6) is -0.686. The Balaban J connectivity index is 1.87. The highest BCUT2D eigenvalue weighted by molar-refractivity contribution is 9.10. The van der Waals surface area contributed by atoms with Crippen molar-refractivity contribution in [2.24, 2.45) is 0 Å². The van der Waals surface area contributed by atoms with Crippen LogP contribution in [0.25, 0.3) is 0 Å². The van der Waals surface area contributed by atoms with Crippen molar-refractivity contribution >= 4 is 59.4 Å². The number of anilines is 1. The molecule has 2 aromatic carbocycles. The van der Waals surface area contributed by atoms with Crippen LogP contribution in [0.1, 0.15) is 44.6 Å². The molecule has 0 heterocycles. The smallest absolute Gasteiger partial charge is 0.244 e. The van der Waals surface area contributed by atoms with Crippen molar-refractivity contribution in [1.82, 2.24) is 10.2 Å². The lowest BCUT2D eigenvalue weighted by atomic mass is 9.95. The number of halogens is 2. The van der Waals surface area contributed by atoms with Crippen molar-refractivity contribution in [3.63, 3.8) is 0 Å². The summed E-state index contributed by atoms with van der Waals surface area (Å²) in [6.07, 6.45) is 6.27. The maximum Gasteiger partial charge on any atom is 0.244 e. The lowest BCUT2D eigenvalue weighted by Crippen LogP contribution is -2.53. The second-order valence-corrected chi connectivity index (χ2v) is 12.6. The summed E-state index contributed by atoms with van der Waals surface area (Å²) in [4.78, 5) is 28.2. The maximum atomic E-state index is 13.6. The minimum Gasteiger partial charge on any atom is -0.352 e. The molecule has 0 aliphatic heterocycles. The van der Waals surface area contributed by atoms with Gasteiger partial charge in [0, 0.05) is 21.5 Å². The Bertz CT molecular complexity index is 1140. The molecule has 0 spiro atoms. The predicted octanol–water partition coefficient (Wildman–Crippen LogP) is 4.84. The normalized spacial score (nSPS) is 15.3. The molecule has 0 bridgehead atoms. The third kappa shape index (κ3) is 7.79. The fraction of sp³-hybridized carbons (Fsp3) is 0.440. The van der Waals surface area contributed by atoms with Crippen molar-refractivity contribution in [1.29, 1.82) is 0 Å². The van der Waals surface area contributed by atoms with Crippen molar-refractivity contribution < 1.29 is 18.0 Å². The van der Waals surface area contributed by atoms with E-state index in [9.17, 15) is 18.0 Å². The predicted molar refractivity (Wildman–Crippen MR) is 146 cm³/mol. The van der Waals surface area contributed by atoms with E-state index in [2.05, 4.69) is 37.2 Å². The first-order valence-electron chi connectivity index (χ1n) is 11.6. The zero-order valence-corrected chi connectivity index (χ0v) is 23.9. The first kappa shape index (κ1) is 27.7. The van der Waals surface area contributed by atoms with Gasteiger partial charge >= 0.3 is 0 Å². The molecule has 190 valence electrons. The van der Waals surface area contributed by atoms with Gasteiger partial charge in [-0.05, 0) is 65.5 Å². The van der Waals surface area contributed by atoms with Gasteiger partial charge in [-0.15, -0.1) is 0 Å². The first-order valence-corrected chi connectivity index (χ1v) is 15.1. The summed E-state index contributed by atoms with van der Waals surface area (Å²) in [6, 6.07) is 13.7. The molecule has 1 atom stereocenters. The van der Waals surface area contributed by atoms with Crippen molar-refractivity contribution in [3.05, 3.63) is 63.0 Å². The molecule has 1 saturated carbocycles. The molecule has 1 aliphatic carbocycles. The standard InChI is InChI=1S/C25H31Br2N3O4S/c1-18(25(32)28-21-8-4-3-5-9-21)29(16-19-12-14-20(26)15-13-19)24(31)17-30(35(2,33)34)23-11-7-6-10-22(23)27/h6-7,10-15,18,21H,3-5,8-9,16-17H2,1-2H3,(H,28,32)/t18-/m1/s1. The van der Waals surface area contributed by atoms with Crippen LogP contribution in [0.3, 0.4) is 0 Å². The highest BCUT2D eigenvalue weighted by Crippen LogP contribution is 2.28. The van der Waals surface area contributed by atoms with Crippen molar-refractivity contribution in [3.8, 4) is 0 Å². The van der Waals surface area contributed by atoms with E-state index < -0.39 is 28.5 Å². The maximum absolute atomic E-state index is 13.6. The van der Waals surface area contributed by atoms with E-state index in [0.717, 1.165) is 46.3 Å². The SMILES string of the molecule is C[C@H](C(=O)NC1CCCCC1)N(Cc1ccc(Br)cc1)C(=O)CN(c1ccccc1Br)S(C)(=O)=O. The number of rotatable bonds is 9. The lowest BCUT2D eigenvalue weighted by molar-refractivity contribution is -0.139. The van der Waals surface area contributed by atoms with Crippen LogP contribution in [-0.2, 0) is 26.2 Å². The molecule has 35 heavy (non-hydrogen) atoms. The van der Waals surface area contributed by atoms with Crippen LogP contribution < -0.4 is 9.62 Å². The number of para-hydroxylation sites is 1. The van der Waals surface area contributed by atoms with Gasteiger partial charge in [-0.1, -0.05) is 59.5 Å². The quantitative estimate of drug-likeness (QED) is 0.430. The summed E-state index contributed by atoms with van der Waals surface area (Å²) < 4.78 is 27.8. The van der Waals surface area contributed by atoms with Crippen LogP contribution in [0.4, 0.5) is 5.69 Å². The molecule has 1 aliphatic rings. The van der Waals surface area contributed by atoms with E-state index in [1.807, 2.05) is 24.3 Å². The second-order valence-electron chi connectivity index (χ2n) is 8.89. The van der Waals surface area contributed by atoms with Gasteiger partial charge < -0.3 is 10.2 Å². The molecular weight excluding hydrogens is 598 g/mol. The number of carbonyl (C=O) groups is 2. The Morgan fingerprint density at radius 1 is 1.03 bits per heavy atom. The summed E-state index contributed by atoms with van der Waals surface area (Å²) in [7, 11) is -3.77. The monoisotopic (exact) mass is 627 g/mol. The van der Waals surface area contributed by atoms with Crippen LogP contribution in [0.15, 0.2) is 57.5 Å². The molecule has 3 rings (SSSR count). The molecule has 1 fully saturated rings. The van der Waals surface area contributed by atoms with Crippen LogP contribution in [-0.4, -0.2) is 50.0 Å². The Morgan fingerprint density at radius 3 is 2.26 bits per heavy atom. The average Bonchev–Trinajstić information content (AvgIpc) is 2.82. The van der Waals surface area contributed by atoms with Gasteiger partial charge in [-0.25, -0.2) is 8.42 Å². The van der Waals surface area contributed by atoms with Crippen LogP contribution in [0.5, 0.6) is 0 Å². The number of benzene rings is 2. The third-order valence-corrected chi connectivity index (χ3v) is 8.51. The molecule has 2 aromatic rings. The summed E-state index contributed by atoms with van der Waals surface area (Å²) in [5, 5.41) is 3.09. The molecular formula is C25H31Br2N3O4S. The van der Waals surface area contributed by atoms with E-state index in [-0.39, 0.29) is 18.5 Å². The molecule has 0 aromatic heterocycles. The minimum absolute atomic E-state index is 0.108. The molecule has 2 amide bonds. The molecule has 1 N–H and O–H groups in total. The van der Waals surface area contributed by atoms with Gasteiger partial charge in [0.05, 0.1) is 11.9 Å². The number of carbonyl (C=O) groups excluding carboxylic acids is 2. The first-order chi connectivity index (χ1) is 16.6. The Kier molecular flexibility index (Phi) is 9.77. The molecule has 0 radical (unpaired) electrons. The summed E-state index contributed by atoms with van der Waals surface area (Å²) in [6.45, 7) is 1.45. The Morgan fingerprint density at radius 2 is 1.66 bits per heavy atom. The van der Waals surface area contributed by atoms with Crippen LogP contribution in [0, 0.1) is 0 Å². The number of sulfonamides is 1. The number of nitrogens with zero attached hydrogens (tertiary/aromatic N) is 2. The molecule has 7 nitrogen and oxygen atoms in total. The number of amides is 2. The van der Waals surface area contributed by atoms with Gasteiger partial charge in [-0.2, -0.15) is 0 Å². The minimum atomic E-state index is -3.77. The second kappa shape index (κ2) is 12.4. The fourth-order valence-electron chi connectivity index (χ4n) is 4.19. The van der Waals surface area contributed by atoms with Gasteiger partial charge in [0.15, 0.2) is 0 Å². The van der Waals surface area contributed by atoms with Gasteiger partial charge in [0.1, 0.15) is 12.6 Å². The zero-order valence-electron chi connectivity index (χ0n) is 19.9. The average molecular weight is 629 g/mol. The highest BCUT2D eigenvalue weighted by atomic mass is 79.9. The number of nitrogens with one attached hydrogen (secondary N) is 1. The van der Waals surface area contributed by atoms with Crippen molar-refractivity contribution in [2.75, 3.05) is 17.1 Å². The number of hydrogen-bond acceptors (Lipinski definition) is 4. The van der Waals surface area contributed by atoms with Gasteiger partial charge in [0.25, 0.3) is 0 Å². The Hall–Kier alpha value is -1.91. The largest absolute Gasteiger partial charge is 0.352 e. The zero-order chi connectivity index (χ0) is 25.6. The molecule has 0 saturated heterocycles. The van der Waals surface area contributed by atoms with Gasteiger partial charge in [-0.3, -0.25) is 13.9 Å². The molecule has 10 heteroatoms. The summed E-state index contributed by atoms with van der Waals surface area (Å²) in [5.41, 5.74) is 1.21. The number of hydrogen-bond donors (Lipinski definition) is 1. The fourth-order valence-corrected chi connectivity index (χ4v) is 5.93. The van der Waals surface area contributed by atoms with Crippen LogP contribution >= 0.6 is 31.9 Å². The van der Waals surface area contributed by atoms with Crippen LogP contribution in [0.2, 0.25) is 0 Å². The Labute approximate surface area is 224 Å². The van der Waals surface area contributed by atoms with E-state index in [1.165, 1.54) is 11.3 Å². The van der Waals surface area contributed by atoms with E-state index >= 15 is 0 Å². The summed E-state index contributed by atoms with van der Waals surface area (Å²) >= 11 is 6.80. The highest BCUT2D eigenvalue weighted by Gasteiger charge is 2.31. The van der Waals surface area contributed by atoms with Gasteiger partial charge in [0.2, 0.25) is 21.8 Å². The van der Waals surface area contributed by atoms with E-state index in [0.29, 0.717) is 10.2 Å². The van der Waals surface area contributed by atoms with E-state index in [1.54, 1.807) is 31.2 Å².